The maximum Gasteiger partial charge on any atom is 0.246 e. The van der Waals surface area contributed by atoms with Gasteiger partial charge in [0.05, 0.1) is 7.11 Å². The Bertz CT molecular complexity index is 725. The van der Waals surface area contributed by atoms with Crippen LogP contribution < -0.4 is 10.1 Å². The number of hydrogen-bond acceptors (Lipinski definition) is 5. The normalized spacial score (nSPS) is 16.6. The average molecular weight is 370 g/mol. The predicted octanol–water partition coefficient (Wildman–Crippen LogP) is 1.23. The second kappa shape index (κ2) is 8.16. The van der Waals surface area contributed by atoms with Crippen molar-refractivity contribution in [2.45, 2.75) is 37.6 Å². The SMILES string of the molecule is COCC(=O)NC1CCN(S(=O)(=O)c2cc(C)c(C)cc2OC)CC1. The molecular formula is C17H26N2O5S. The average Bonchev–Trinajstić information content (AvgIpc) is 2.57. The minimum absolute atomic E-state index is 0.0123. The Morgan fingerprint density at radius 3 is 2.36 bits per heavy atom. The van der Waals surface area contributed by atoms with Gasteiger partial charge in [0.2, 0.25) is 15.9 Å². The van der Waals surface area contributed by atoms with Gasteiger partial charge in [-0.15, -0.1) is 0 Å². The lowest BCUT2D eigenvalue weighted by atomic mass is 10.1. The molecule has 0 unspecified atom stereocenters. The molecular weight excluding hydrogens is 344 g/mol. The molecule has 0 atom stereocenters. The van der Waals surface area contributed by atoms with Gasteiger partial charge >= 0.3 is 0 Å². The van der Waals surface area contributed by atoms with Crippen LogP contribution in [0, 0.1) is 13.8 Å². The summed E-state index contributed by atoms with van der Waals surface area (Å²) in [6.07, 6.45) is 1.14. The minimum Gasteiger partial charge on any atom is -0.495 e. The molecule has 25 heavy (non-hydrogen) atoms. The summed E-state index contributed by atoms with van der Waals surface area (Å²) in [6, 6.07) is 3.38. The van der Waals surface area contributed by atoms with Crippen LogP contribution >= 0.6 is 0 Å². The molecule has 0 spiro atoms. The first-order valence-electron chi connectivity index (χ1n) is 8.23. The van der Waals surface area contributed by atoms with Crippen LogP contribution in [0.1, 0.15) is 24.0 Å². The molecule has 1 aliphatic heterocycles. The lowest BCUT2D eigenvalue weighted by molar-refractivity contribution is -0.125. The van der Waals surface area contributed by atoms with E-state index in [0.717, 1.165) is 11.1 Å². The molecule has 8 heteroatoms. The molecule has 1 heterocycles. The van der Waals surface area contributed by atoms with E-state index < -0.39 is 10.0 Å². The fourth-order valence-electron chi connectivity index (χ4n) is 2.90. The monoisotopic (exact) mass is 370 g/mol. The zero-order valence-corrected chi connectivity index (χ0v) is 16.0. The molecule has 0 aliphatic carbocycles. The Kier molecular flexibility index (Phi) is 6.42. The van der Waals surface area contributed by atoms with Gasteiger partial charge in [-0.2, -0.15) is 4.31 Å². The minimum atomic E-state index is -3.64. The third-order valence-corrected chi connectivity index (χ3v) is 6.41. The van der Waals surface area contributed by atoms with Crippen LogP contribution in [0.5, 0.6) is 5.75 Å². The van der Waals surface area contributed by atoms with Gasteiger partial charge in [-0.05, 0) is 49.9 Å². The Hall–Kier alpha value is -1.64. The zero-order chi connectivity index (χ0) is 18.6. The topological polar surface area (TPSA) is 84.9 Å². The maximum atomic E-state index is 13.0. The zero-order valence-electron chi connectivity index (χ0n) is 15.2. The number of rotatable bonds is 6. The number of methoxy groups -OCH3 is 2. The number of benzene rings is 1. The summed E-state index contributed by atoms with van der Waals surface area (Å²) in [6.45, 7) is 4.53. The Morgan fingerprint density at radius 1 is 1.20 bits per heavy atom. The van der Waals surface area contributed by atoms with Gasteiger partial charge in [0, 0.05) is 26.2 Å². The number of nitrogens with one attached hydrogen (secondary N) is 1. The van der Waals surface area contributed by atoms with Crippen molar-refractivity contribution in [3.8, 4) is 5.75 Å². The Balaban J connectivity index is 2.12. The molecule has 1 fully saturated rings. The first kappa shape index (κ1) is 19.7. The highest BCUT2D eigenvalue weighted by Crippen LogP contribution is 2.31. The largest absolute Gasteiger partial charge is 0.495 e. The fraction of sp³-hybridized carbons (Fsp3) is 0.588. The second-order valence-corrected chi connectivity index (χ2v) is 8.17. The molecule has 140 valence electrons. The van der Waals surface area contributed by atoms with E-state index in [1.807, 2.05) is 13.8 Å². The summed E-state index contributed by atoms with van der Waals surface area (Å²) in [5.74, 6) is 0.179. The lowest BCUT2D eigenvalue weighted by Gasteiger charge is -2.32. The lowest BCUT2D eigenvalue weighted by Crippen LogP contribution is -2.47. The van der Waals surface area contributed by atoms with Crippen molar-refractivity contribution in [3.05, 3.63) is 23.3 Å². The van der Waals surface area contributed by atoms with E-state index in [1.54, 1.807) is 12.1 Å². The van der Waals surface area contributed by atoms with Crippen molar-refractivity contribution in [1.29, 1.82) is 0 Å². The van der Waals surface area contributed by atoms with E-state index in [-0.39, 0.29) is 23.5 Å². The quantitative estimate of drug-likeness (QED) is 0.814. The number of hydrogen-bond donors (Lipinski definition) is 1. The molecule has 0 aromatic heterocycles. The van der Waals surface area contributed by atoms with Gasteiger partial charge in [-0.1, -0.05) is 0 Å². The fourth-order valence-corrected chi connectivity index (χ4v) is 4.60. The van der Waals surface area contributed by atoms with E-state index in [1.165, 1.54) is 18.5 Å². The van der Waals surface area contributed by atoms with Crippen molar-refractivity contribution >= 4 is 15.9 Å². The molecule has 1 N–H and O–H groups in total. The van der Waals surface area contributed by atoms with Crippen LogP contribution in [0.2, 0.25) is 0 Å². The summed E-state index contributed by atoms with van der Waals surface area (Å²) < 4.78 is 37.5. The first-order chi connectivity index (χ1) is 11.8. The number of amides is 1. The molecule has 1 amide bonds. The standard InChI is InChI=1S/C17H26N2O5S/c1-12-9-15(24-4)16(10-13(12)2)25(21,22)19-7-5-14(6-8-19)18-17(20)11-23-3/h9-10,14H,5-8,11H2,1-4H3,(H,18,20). The maximum absolute atomic E-state index is 13.0. The third-order valence-electron chi connectivity index (χ3n) is 4.49. The molecule has 0 saturated carbocycles. The van der Waals surface area contributed by atoms with Crippen LogP contribution in [-0.4, -0.2) is 58.6 Å². The first-order valence-corrected chi connectivity index (χ1v) is 9.67. The van der Waals surface area contributed by atoms with Crippen molar-refractivity contribution < 1.29 is 22.7 Å². The van der Waals surface area contributed by atoms with Gasteiger partial charge in [-0.25, -0.2) is 8.42 Å². The molecule has 1 aliphatic rings. The number of aryl methyl sites for hydroxylation is 2. The van der Waals surface area contributed by atoms with Gasteiger partial charge < -0.3 is 14.8 Å². The van der Waals surface area contributed by atoms with Crippen molar-refractivity contribution in [2.24, 2.45) is 0 Å². The molecule has 1 aromatic rings. The summed E-state index contributed by atoms with van der Waals surface area (Å²) in [4.78, 5) is 11.8. The van der Waals surface area contributed by atoms with Crippen molar-refractivity contribution in [3.63, 3.8) is 0 Å². The van der Waals surface area contributed by atoms with Crippen molar-refractivity contribution in [1.82, 2.24) is 9.62 Å². The van der Waals surface area contributed by atoms with E-state index in [9.17, 15) is 13.2 Å². The number of carbonyl (C=O) groups excluding carboxylic acids is 1. The van der Waals surface area contributed by atoms with E-state index >= 15 is 0 Å². The van der Waals surface area contributed by atoms with Crippen LogP contribution in [0.25, 0.3) is 0 Å². The van der Waals surface area contributed by atoms with Gasteiger partial charge in [0.25, 0.3) is 0 Å². The Morgan fingerprint density at radius 2 is 1.80 bits per heavy atom. The van der Waals surface area contributed by atoms with E-state index in [2.05, 4.69) is 5.32 Å². The van der Waals surface area contributed by atoms with Gasteiger partial charge in [-0.3, -0.25) is 4.79 Å². The molecule has 0 radical (unpaired) electrons. The van der Waals surface area contributed by atoms with Crippen LogP contribution in [-0.2, 0) is 19.6 Å². The number of ether oxygens (including phenoxy) is 2. The van der Waals surface area contributed by atoms with Gasteiger partial charge in [0.1, 0.15) is 17.3 Å². The molecule has 1 aromatic carbocycles. The number of carbonyl (C=O) groups is 1. The molecule has 7 nitrogen and oxygen atoms in total. The smallest absolute Gasteiger partial charge is 0.246 e. The second-order valence-electron chi connectivity index (χ2n) is 6.27. The summed E-state index contributed by atoms with van der Waals surface area (Å²) in [7, 11) is -0.698. The van der Waals surface area contributed by atoms with Crippen LogP contribution in [0.15, 0.2) is 17.0 Å². The number of sulfonamides is 1. The predicted molar refractivity (Wildman–Crippen MR) is 94.3 cm³/mol. The van der Waals surface area contributed by atoms with Crippen LogP contribution in [0.4, 0.5) is 0 Å². The Labute approximate surface area is 149 Å². The highest BCUT2D eigenvalue weighted by Gasteiger charge is 2.32. The van der Waals surface area contributed by atoms with E-state index in [4.69, 9.17) is 9.47 Å². The summed E-state index contributed by atoms with van der Waals surface area (Å²) >= 11 is 0. The number of piperidine rings is 1. The number of nitrogens with zero attached hydrogens (tertiary/aromatic N) is 1. The molecule has 0 bridgehead atoms. The summed E-state index contributed by atoms with van der Waals surface area (Å²) in [5, 5.41) is 2.86. The highest BCUT2D eigenvalue weighted by atomic mass is 32.2. The third kappa shape index (κ3) is 4.50. The molecule has 2 rings (SSSR count). The van der Waals surface area contributed by atoms with Gasteiger partial charge in [0.15, 0.2) is 0 Å². The molecule has 1 saturated heterocycles. The van der Waals surface area contributed by atoms with E-state index in [0.29, 0.717) is 31.7 Å². The highest BCUT2D eigenvalue weighted by molar-refractivity contribution is 7.89. The van der Waals surface area contributed by atoms with Crippen LogP contribution in [0.3, 0.4) is 0 Å². The summed E-state index contributed by atoms with van der Waals surface area (Å²) in [5.41, 5.74) is 1.89. The van der Waals surface area contributed by atoms with Crippen molar-refractivity contribution in [2.75, 3.05) is 33.9 Å².